The van der Waals surface area contributed by atoms with Gasteiger partial charge in [-0.15, -0.1) is 5.10 Å². The molecule has 1 aromatic carbocycles. The second-order valence-corrected chi connectivity index (χ2v) is 9.24. The lowest BCUT2D eigenvalue weighted by Gasteiger charge is -2.43. The van der Waals surface area contributed by atoms with Gasteiger partial charge in [-0.3, -0.25) is 9.88 Å². The van der Waals surface area contributed by atoms with Crippen LogP contribution in [0.4, 0.5) is 17.3 Å². The summed E-state index contributed by atoms with van der Waals surface area (Å²) in [4.78, 5) is 13.6. The number of hydrogen-bond donors (Lipinski definition) is 1. The van der Waals surface area contributed by atoms with Crippen molar-refractivity contribution in [3.63, 3.8) is 0 Å². The zero-order valence-electron chi connectivity index (χ0n) is 17.8. The molecular formula is C23H28ClN7O. The number of anilines is 3. The Labute approximate surface area is 193 Å². The fourth-order valence-corrected chi connectivity index (χ4v) is 4.59. The monoisotopic (exact) mass is 453 g/mol. The van der Waals surface area contributed by atoms with E-state index in [-0.39, 0.29) is 1.43 Å². The van der Waals surface area contributed by atoms with Crippen molar-refractivity contribution in [2.24, 2.45) is 0 Å². The number of ether oxygens (including phenoxy) is 1. The fourth-order valence-electron chi connectivity index (χ4n) is 4.42. The molecule has 3 aliphatic rings. The van der Waals surface area contributed by atoms with Crippen molar-refractivity contribution in [3.8, 4) is 5.69 Å². The van der Waals surface area contributed by atoms with Crippen LogP contribution in [0.25, 0.3) is 5.69 Å². The molecule has 0 spiro atoms. The zero-order chi connectivity index (χ0) is 21.5. The third kappa shape index (κ3) is 4.18. The van der Waals surface area contributed by atoms with Gasteiger partial charge < -0.3 is 15.0 Å². The van der Waals surface area contributed by atoms with Crippen molar-refractivity contribution in [3.05, 3.63) is 53.6 Å². The van der Waals surface area contributed by atoms with Gasteiger partial charge in [0.05, 0.1) is 36.2 Å². The van der Waals surface area contributed by atoms with Gasteiger partial charge in [-0.2, -0.15) is 4.98 Å². The summed E-state index contributed by atoms with van der Waals surface area (Å²) in [5.41, 5.74) is 4.49. The summed E-state index contributed by atoms with van der Waals surface area (Å²) >= 11 is 6.06. The molecule has 1 saturated carbocycles. The first-order valence-electron chi connectivity index (χ1n) is 11.2. The Balaban J connectivity index is 0.00000228. The molecular weight excluding hydrogens is 426 g/mol. The summed E-state index contributed by atoms with van der Waals surface area (Å²) in [6.45, 7) is 6.03. The molecule has 9 heteroatoms. The second kappa shape index (κ2) is 8.35. The smallest absolute Gasteiger partial charge is 0.246 e. The molecule has 2 aliphatic heterocycles. The Hall–Kier alpha value is -2.68. The lowest BCUT2D eigenvalue weighted by molar-refractivity contribution is -0.0660. The molecule has 2 aromatic heterocycles. The highest BCUT2D eigenvalue weighted by Gasteiger charge is 2.30. The van der Waals surface area contributed by atoms with Crippen LogP contribution in [0.2, 0.25) is 5.02 Å². The van der Waals surface area contributed by atoms with Crippen LogP contribution in [0.3, 0.4) is 0 Å². The first kappa shape index (κ1) is 20.0. The number of pyridine rings is 1. The number of hydrogen-bond acceptors (Lipinski definition) is 7. The van der Waals surface area contributed by atoms with E-state index >= 15 is 0 Å². The number of benzene rings is 1. The van der Waals surface area contributed by atoms with Crippen LogP contribution in [0, 0.1) is 0 Å². The molecule has 6 rings (SSSR count). The van der Waals surface area contributed by atoms with Gasteiger partial charge in [0.15, 0.2) is 0 Å². The molecule has 32 heavy (non-hydrogen) atoms. The van der Waals surface area contributed by atoms with Gasteiger partial charge >= 0.3 is 0 Å². The third-order valence-corrected chi connectivity index (χ3v) is 6.71. The highest BCUT2D eigenvalue weighted by Crippen LogP contribution is 2.42. The summed E-state index contributed by atoms with van der Waals surface area (Å²) < 4.78 is 7.05. The van der Waals surface area contributed by atoms with Crippen molar-refractivity contribution in [1.29, 1.82) is 0 Å². The van der Waals surface area contributed by atoms with Crippen LogP contribution in [-0.2, 0) is 4.74 Å². The van der Waals surface area contributed by atoms with Crippen LogP contribution in [0.1, 0.15) is 25.7 Å². The molecule has 8 nitrogen and oxygen atoms in total. The van der Waals surface area contributed by atoms with Gasteiger partial charge in [-0.1, -0.05) is 11.6 Å². The topological polar surface area (TPSA) is 71.3 Å². The Morgan fingerprint density at radius 2 is 1.84 bits per heavy atom. The van der Waals surface area contributed by atoms with Crippen LogP contribution in [0.5, 0.6) is 0 Å². The van der Waals surface area contributed by atoms with Crippen LogP contribution in [-0.4, -0.2) is 70.1 Å². The summed E-state index contributed by atoms with van der Waals surface area (Å²) in [7, 11) is 0. The van der Waals surface area contributed by atoms with E-state index in [0.29, 0.717) is 22.9 Å². The Bertz CT molecular complexity index is 1110. The molecule has 1 N–H and O–H groups in total. The van der Waals surface area contributed by atoms with Crippen LogP contribution >= 0.6 is 11.6 Å². The maximum absolute atomic E-state index is 6.06. The van der Waals surface area contributed by atoms with Gasteiger partial charge in [0.1, 0.15) is 6.33 Å². The van der Waals surface area contributed by atoms with E-state index in [4.69, 9.17) is 16.3 Å². The lowest BCUT2D eigenvalue weighted by Crippen LogP contribution is -2.56. The van der Waals surface area contributed by atoms with E-state index in [0.717, 1.165) is 50.8 Å². The number of nitrogens with one attached hydrogen (secondary N) is 1. The minimum atomic E-state index is 0. The molecule has 1 aliphatic carbocycles. The number of halogens is 1. The van der Waals surface area contributed by atoms with E-state index in [2.05, 4.69) is 48.4 Å². The van der Waals surface area contributed by atoms with E-state index in [1.807, 2.05) is 6.07 Å². The summed E-state index contributed by atoms with van der Waals surface area (Å²) in [6, 6.07) is 9.26. The maximum Gasteiger partial charge on any atom is 0.246 e. The molecule has 0 unspecified atom stereocenters. The second-order valence-electron chi connectivity index (χ2n) is 8.80. The van der Waals surface area contributed by atoms with Gasteiger partial charge in [0.25, 0.3) is 0 Å². The molecule has 168 valence electrons. The van der Waals surface area contributed by atoms with Gasteiger partial charge in [-0.05, 0) is 48.6 Å². The number of nitrogens with zero attached hydrogens (tertiary/aromatic N) is 6. The van der Waals surface area contributed by atoms with E-state index in [9.17, 15) is 0 Å². The Kier molecular flexibility index (Phi) is 5.21. The molecule has 3 fully saturated rings. The molecule has 0 radical (unpaired) electrons. The predicted octanol–water partition coefficient (Wildman–Crippen LogP) is 3.70. The van der Waals surface area contributed by atoms with Gasteiger partial charge in [0.2, 0.25) is 5.95 Å². The minimum Gasteiger partial charge on any atom is -0.378 e. The number of aromatic nitrogens is 4. The van der Waals surface area contributed by atoms with E-state index in [1.165, 1.54) is 24.1 Å². The van der Waals surface area contributed by atoms with E-state index in [1.54, 1.807) is 23.4 Å². The third-order valence-electron chi connectivity index (χ3n) is 6.51. The summed E-state index contributed by atoms with van der Waals surface area (Å²) in [5, 5.41) is 8.53. The van der Waals surface area contributed by atoms with Crippen molar-refractivity contribution >= 4 is 28.9 Å². The zero-order valence-corrected chi connectivity index (χ0v) is 18.6. The molecule has 2 saturated heterocycles. The summed E-state index contributed by atoms with van der Waals surface area (Å²) in [5.74, 6) is 1.23. The van der Waals surface area contributed by atoms with E-state index < -0.39 is 0 Å². The standard InChI is InChI=1S/C23H26ClN7O.H2/c24-18-9-21(12-25-11-18)31-15-26-23(28-31)27-19-7-17(16-1-2-16)8-20(10-19)29-3-5-30(6-4-29)22-13-32-14-22;/h7-12,15-16,22H,1-6,13-14H2,(H,27,28);1H. The van der Waals surface area contributed by atoms with Crippen molar-refractivity contribution in [1.82, 2.24) is 24.6 Å². The highest BCUT2D eigenvalue weighted by atomic mass is 35.5. The molecule has 0 bridgehead atoms. The predicted molar refractivity (Wildman–Crippen MR) is 126 cm³/mol. The Morgan fingerprint density at radius 3 is 2.56 bits per heavy atom. The number of rotatable bonds is 6. The highest BCUT2D eigenvalue weighted by molar-refractivity contribution is 6.30. The normalized spacial score (nSPS) is 19.7. The van der Waals surface area contributed by atoms with Gasteiger partial charge in [-0.25, -0.2) is 4.68 Å². The quantitative estimate of drug-likeness (QED) is 0.610. The average molecular weight is 454 g/mol. The van der Waals surface area contributed by atoms with Crippen molar-refractivity contribution < 1.29 is 6.16 Å². The average Bonchev–Trinajstić information content (AvgIpc) is 3.52. The largest absolute Gasteiger partial charge is 0.378 e. The Morgan fingerprint density at radius 1 is 1.00 bits per heavy atom. The fraction of sp³-hybridized carbons (Fsp3) is 0.435. The molecule has 0 amide bonds. The SMILES string of the molecule is Clc1cncc(-n2cnc(Nc3cc(C4CC4)cc(N4CCN(C5COC5)CC4)c3)n2)c1.[HH]. The van der Waals surface area contributed by atoms with Gasteiger partial charge in [0, 0.05) is 45.2 Å². The van der Waals surface area contributed by atoms with Crippen molar-refractivity contribution in [2.45, 2.75) is 24.8 Å². The number of piperazine rings is 1. The maximum atomic E-state index is 6.06. The van der Waals surface area contributed by atoms with Crippen molar-refractivity contribution in [2.75, 3.05) is 49.6 Å². The van der Waals surface area contributed by atoms with Crippen LogP contribution < -0.4 is 10.2 Å². The molecule has 0 atom stereocenters. The first-order chi connectivity index (χ1) is 15.7. The summed E-state index contributed by atoms with van der Waals surface area (Å²) in [6.07, 6.45) is 7.53. The lowest BCUT2D eigenvalue weighted by atomic mass is 10.1. The molecule has 4 heterocycles. The van der Waals surface area contributed by atoms with Crippen LogP contribution in [0.15, 0.2) is 43.0 Å². The molecule has 3 aromatic rings. The first-order valence-corrected chi connectivity index (χ1v) is 11.6. The minimum absolute atomic E-state index is 0.